The van der Waals surface area contributed by atoms with Gasteiger partial charge in [0.25, 0.3) is 5.91 Å². The van der Waals surface area contributed by atoms with E-state index >= 15 is 0 Å². The molecule has 7 nitrogen and oxygen atoms in total. The van der Waals surface area contributed by atoms with Gasteiger partial charge >= 0.3 is 5.97 Å². The molecule has 7 heteroatoms. The zero-order valence-corrected chi connectivity index (χ0v) is 14.1. The molecule has 3 rings (SSSR count). The van der Waals surface area contributed by atoms with Gasteiger partial charge in [-0.3, -0.25) is 9.78 Å². The molecule has 0 unspecified atom stereocenters. The Balaban J connectivity index is 1.51. The van der Waals surface area contributed by atoms with Crippen LogP contribution in [-0.2, 0) is 4.79 Å². The van der Waals surface area contributed by atoms with E-state index in [1.807, 2.05) is 0 Å². The van der Waals surface area contributed by atoms with Gasteiger partial charge in [-0.05, 0) is 60.2 Å². The number of ether oxygens (including phenoxy) is 1. The fourth-order valence-corrected chi connectivity index (χ4v) is 2.04. The predicted molar refractivity (Wildman–Crippen MR) is 99.1 cm³/mol. The summed E-state index contributed by atoms with van der Waals surface area (Å²) in [6, 6.07) is 13.3. The topological polar surface area (TPSA) is 93.8 Å². The van der Waals surface area contributed by atoms with Gasteiger partial charge in [0.2, 0.25) is 0 Å². The van der Waals surface area contributed by atoms with Gasteiger partial charge < -0.3 is 9.15 Å². The number of carbonyl (C=O) groups is 2. The SMILES string of the molecule is O=C(/C=C/c1ccco1)Oc1ccc(/C=N\NC(=O)c2ccncc2)cc1. The van der Waals surface area contributed by atoms with E-state index in [9.17, 15) is 9.59 Å². The Kier molecular flexibility index (Phi) is 5.88. The van der Waals surface area contributed by atoms with E-state index in [1.165, 1.54) is 37.0 Å². The van der Waals surface area contributed by atoms with Crippen molar-refractivity contribution >= 4 is 24.2 Å². The first-order valence-electron chi connectivity index (χ1n) is 7.97. The van der Waals surface area contributed by atoms with Crippen molar-refractivity contribution in [2.24, 2.45) is 5.10 Å². The van der Waals surface area contributed by atoms with Gasteiger partial charge in [-0.15, -0.1) is 0 Å². The highest BCUT2D eigenvalue weighted by Crippen LogP contribution is 2.12. The number of benzene rings is 1. The van der Waals surface area contributed by atoms with Crippen molar-refractivity contribution in [3.63, 3.8) is 0 Å². The fraction of sp³-hybridized carbons (Fsp3) is 0. The van der Waals surface area contributed by atoms with Gasteiger partial charge in [-0.25, -0.2) is 10.2 Å². The molecule has 0 fully saturated rings. The zero-order valence-electron chi connectivity index (χ0n) is 14.1. The van der Waals surface area contributed by atoms with Crippen LogP contribution in [0.5, 0.6) is 5.75 Å². The van der Waals surface area contributed by atoms with Crippen molar-refractivity contribution in [2.75, 3.05) is 0 Å². The lowest BCUT2D eigenvalue weighted by Crippen LogP contribution is -2.17. The maximum Gasteiger partial charge on any atom is 0.336 e. The standard InChI is InChI=1S/C20H15N3O4/c24-19(8-7-17-2-1-13-26-17)27-18-5-3-15(4-6-18)14-22-23-20(25)16-9-11-21-12-10-16/h1-14H,(H,23,25)/b8-7+,22-14-. The number of nitrogens with zero attached hydrogens (tertiary/aromatic N) is 2. The van der Waals surface area contributed by atoms with Crippen LogP contribution in [0.15, 0.2) is 82.8 Å². The van der Waals surface area contributed by atoms with Crippen molar-refractivity contribution < 1.29 is 18.7 Å². The molecule has 2 heterocycles. The average Bonchev–Trinajstić information content (AvgIpc) is 3.22. The Morgan fingerprint density at radius 3 is 2.56 bits per heavy atom. The molecule has 134 valence electrons. The number of nitrogens with one attached hydrogen (secondary N) is 1. The Bertz CT molecular complexity index is 947. The second kappa shape index (κ2) is 8.91. The van der Waals surface area contributed by atoms with Gasteiger partial charge in [0.15, 0.2) is 0 Å². The highest BCUT2D eigenvalue weighted by Gasteiger charge is 2.03. The van der Waals surface area contributed by atoms with Crippen LogP contribution in [0.25, 0.3) is 6.08 Å². The van der Waals surface area contributed by atoms with E-state index in [-0.39, 0.29) is 5.91 Å². The Labute approximate surface area is 155 Å². The fourth-order valence-electron chi connectivity index (χ4n) is 2.04. The molecule has 27 heavy (non-hydrogen) atoms. The van der Waals surface area contributed by atoms with Crippen LogP contribution in [-0.4, -0.2) is 23.1 Å². The second-order valence-corrected chi connectivity index (χ2v) is 5.27. The van der Waals surface area contributed by atoms with Gasteiger partial charge in [0.1, 0.15) is 11.5 Å². The highest BCUT2D eigenvalue weighted by atomic mass is 16.5. The van der Waals surface area contributed by atoms with E-state index in [0.29, 0.717) is 17.1 Å². The van der Waals surface area contributed by atoms with Crippen molar-refractivity contribution in [2.45, 2.75) is 0 Å². The third kappa shape index (κ3) is 5.50. The first kappa shape index (κ1) is 17.8. The van der Waals surface area contributed by atoms with E-state index in [4.69, 9.17) is 9.15 Å². The van der Waals surface area contributed by atoms with Crippen molar-refractivity contribution in [3.8, 4) is 5.75 Å². The minimum atomic E-state index is -0.516. The second-order valence-electron chi connectivity index (χ2n) is 5.27. The van der Waals surface area contributed by atoms with Gasteiger partial charge in [-0.1, -0.05) is 0 Å². The molecule has 0 aliphatic heterocycles. The molecule has 0 bridgehead atoms. The number of hydrogen-bond donors (Lipinski definition) is 1. The van der Waals surface area contributed by atoms with Gasteiger partial charge in [0.05, 0.1) is 12.5 Å². The molecule has 0 radical (unpaired) electrons. The third-order valence-electron chi connectivity index (χ3n) is 3.35. The Morgan fingerprint density at radius 1 is 1.07 bits per heavy atom. The average molecular weight is 361 g/mol. The maximum atomic E-state index is 11.8. The van der Waals surface area contributed by atoms with E-state index in [0.717, 1.165) is 5.56 Å². The predicted octanol–water partition coefficient (Wildman–Crippen LogP) is 3.06. The molecule has 0 saturated carbocycles. The number of hydrazone groups is 1. The summed E-state index contributed by atoms with van der Waals surface area (Å²) in [4.78, 5) is 27.4. The molecule has 0 spiro atoms. The number of rotatable bonds is 6. The Morgan fingerprint density at radius 2 is 1.85 bits per heavy atom. The molecular formula is C20H15N3O4. The number of amides is 1. The molecule has 1 amide bonds. The zero-order chi connectivity index (χ0) is 18.9. The molecular weight excluding hydrogens is 346 g/mol. The number of esters is 1. The van der Waals surface area contributed by atoms with E-state index in [2.05, 4.69) is 15.5 Å². The van der Waals surface area contributed by atoms with Crippen LogP contribution in [0.3, 0.4) is 0 Å². The summed E-state index contributed by atoms with van der Waals surface area (Å²) in [5, 5.41) is 3.89. The number of aromatic nitrogens is 1. The summed E-state index contributed by atoms with van der Waals surface area (Å²) in [5.41, 5.74) is 3.62. The molecule has 1 aromatic carbocycles. The van der Waals surface area contributed by atoms with Crippen molar-refractivity contribution in [1.82, 2.24) is 10.4 Å². The lowest BCUT2D eigenvalue weighted by Gasteiger charge is -2.02. The quantitative estimate of drug-likeness (QED) is 0.239. The summed E-state index contributed by atoms with van der Waals surface area (Å²) >= 11 is 0. The van der Waals surface area contributed by atoms with Crippen LogP contribution in [0.4, 0.5) is 0 Å². The molecule has 0 saturated heterocycles. The number of hydrogen-bond acceptors (Lipinski definition) is 6. The lowest BCUT2D eigenvalue weighted by atomic mass is 10.2. The normalized spacial score (nSPS) is 11.0. The smallest absolute Gasteiger partial charge is 0.336 e. The number of furan rings is 1. The van der Waals surface area contributed by atoms with Crippen molar-refractivity contribution in [3.05, 3.63) is 90.2 Å². The summed E-state index contributed by atoms with van der Waals surface area (Å²) in [6.07, 6.45) is 8.87. The van der Waals surface area contributed by atoms with Crippen LogP contribution < -0.4 is 10.2 Å². The van der Waals surface area contributed by atoms with Crippen LogP contribution in [0.2, 0.25) is 0 Å². The van der Waals surface area contributed by atoms with Crippen LogP contribution in [0.1, 0.15) is 21.7 Å². The Hall–Kier alpha value is -4.00. The monoisotopic (exact) mass is 361 g/mol. The van der Waals surface area contributed by atoms with Crippen LogP contribution in [0, 0.1) is 0 Å². The number of carbonyl (C=O) groups excluding carboxylic acids is 2. The van der Waals surface area contributed by atoms with E-state index in [1.54, 1.807) is 48.5 Å². The molecule has 0 aliphatic rings. The van der Waals surface area contributed by atoms with Crippen LogP contribution >= 0.6 is 0 Å². The first-order valence-corrected chi connectivity index (χ1v) is 7.97. The molecule has 3 aromatic rings. The van der Waals surface area contributed by atoms with E-state index < -0.39 is 5.97 Å². The lowest BCUT2D eigenvalue weighted by molar-refractivity contribution is -0.128. The molecule has 0 aliphatic carbocycles. The highest BCUT2D eigenvalue weighted by molar-refractivity contribution is 5.94. The third-order valence-corrected chi connectivity index (χ3v) is 3.35. The van der Waals surface area contributed by atoms with Crippen molar-refractivity contribution in [1.29, 1.82) is 0 Å². The largest absolute Gasteiger partial charge is 0.465 e. The van der Waals surface area contributed by atoms with Gasteiger partial charge in [-0.2, -0.15) is 5.10 Å². The minimum absolute atomic E-state index is 0.331. The van der Waals surface area contributed by atoms with Gasteiger partial charge in [0, 0.05) is 24.0 Å². The first-order chi connectivity index (χ1) is 13.2. The molecule has 1 N–H and O–H groups in total. The summed E-state index contributed by atoms with van der Waals surface area (Å²) in [5.74, 6) is 0.106. The summed E-state index contributed by atoms with van der Waals surface area (Å²) in [6.45, 7) is 0. The molecule has 2 aromatic heterocycles. The molecule has 0 atom stereocenters. The number of pyridine rings is 1. The minimum Gasteiger partial charge on any atom is -0.465 e. The summed E-state index contributed by atoms with van der Waals surface area (Å²) in [7, 11) is 0. The summed E-state index contributed by atoms with van der Waals surface area (Å²) < 4.78 is 10.3. The maximum absolute atomic E-state index is 11.8.